The number of ether oxygens (including phenoxy) is 2. The van der Waals surface area contributed by atoms with Crippen molar-refractivity contribution in [3.05, 3.63) is 11.6 Å². The Labute approximate surface area is 186 Å². The summed E-state index contributed by atoms with van der Waals surface area (Å²) in [5, 5.41) is 20.7. The summed E-state index contributed by atoms with van der Waals surface area (Å²) in [6, 6.07) is 0. The number of hydrogen-bond donors (Lipinski definition) is 2. The zero-order valence-corrected chi connectivity index (χ0v) is 20.0. The molecule has 6 unspecified atom stereocenters. The van der Waals surface area contributed by atoms with Crippen molar-refractivity contribution in [1.82, 2.24) is 0 Å². The van der Waals surface area contributed by atoms with Gasteiger partial charge in [-0.25, -0.2) is 0 Å². The van der Waals surface area contributed by atoms with Gasteiger partial charge < -0.3 is 19.7 Å². The second kappa shape index (κ2) is 8.18. The Morgan fingerprint density at radius 3 is 2.48 bits per heavy atom. The van der Waals surface area contributed by atoms with E-state index in [1.807, 2.05) is 26.8 Å². The third-order valence-corrected chi connectivity index (χ3v) is 8.54. The minimum absolute atomic E-state index is 0.0186. The van der Waals surface area contributed by atoms with Gasteiger partial charge in [-0.3, -0.25) is 9.59 Å². The molecule has 2 fully saturated rings. The monoisotopic (exact) mass is 436 g/mol. The number of carbonyl (C=O) groups is 2. The zero-order valence-electron chi connectivity index (χ0n) is 20.0. The first-order chi connectivity index (χ1) is 14.3. The molecular weight excluding hydrogens is 396 g/mol. The minimum Gasteiger partial charge on any atom is -0.481 e. The van der Waals surface area contributed by atoms with E-state index >= 15 is 0 Å². The van der Waals surface area contributed by atoms with Crippen molar-refractivity contribution in [1.29, 1.82) is 0 Å². The van der Waals surface area contributed by atoms with Crippen LogP contribution < -0.4 is 0 Å². The number of fused-ring (bicyclic) bond motifs is 2. The quantitative estimate of drug-likeness (QED) is 0.471. The molecule has 1 saturated heterocycles. The van der Waals surface area contributed by atoms with Crippen LogP contribution in [0.1, 0.15) is 86.5 Å². The lowest BCUT2D eigenvalue weighted by atomic mass is 9.46. The van der Waals surface area contributed by atoms with Crippen LogP contribution in [0.3, 0.4) is 0 Å². The molecule has 2 N–H and O–H groups in total. The zero-order chi connectivity index (χ0) is 23.2. The van der Waals surface area contributed by atoms with Crippen molar-refractivity contribution in [3.8, 4) is 0 Å². The molecule has 2 aliphatic carbocycles. The predicted molar refractivity (Wildman–Crippen MR) is 117 cm³/mol. The fraction of sp³-hybridized carbons (Fsp3) is 0.840. The highest BCUT2D eigenvalue weighted by Crippen LogP contribution is 2.66. The molecule has 6 nitrogen and oxygen atoms in total. The Balaban J connectivity index is 2.04. The van der Waals surface area contributed by atoms with Crippen molar-refractivity contribution < 1.29 is 29.3 Å². The minimum atomic E-state index is -0.880. The van der Waals surface area contributed by atoms with Crippen LogP contribution in [-0.2, 0) is 19.1 Å². The average molecular weight is 437 g/mol. The molecule has 1 heterocycles. The number of carboxylic acid groups (broad SMARTS) is 1. The Morgan fingerprint density at radius 1 is 1.19 bits per heavy atom. The summed E-state index contributed by atoms with van der Waals surface area (Å²) in [6.07, 6.45) is 6.04. The molecule has 3 rings (SSSR count). The van der Waals surface area contributed by atoms with Gasteiger partial charge in [0.2, 0.25) is 0 Å². The highest BCUT2D eigenvalue weighted by molar-refractivity contribution is 5.72. The maximum absolute atomic E-state index is 12.4. The van der Waals surface area contributed by atoms with Crippen LogP contribution in [0.15, 0.2) is 11.6 Å². The van der Waals surface area contributed by atoms with E-state index in [-0.39, 0.29) is 41.7 Å². The number of carboxylic acids is 1. The SMILES string of the molecule is CCC(C)C(=O)OCC1=CC(O)C2C(C)(C)CCCC2(C)C12CCC(C)(CC(=O)O)O2. The summed E-state index contributed by atoms with van der Waals surface area (Å²) in [4.78, 5) is 24.0. The van der Waals surface area contributed by atoms with E-state index in [1.165, 1.54) is 0 Å². The van der Waals surface area contributed by atoms with Crippen LogP contribution in [0.2, 0.25) is 0 Å². The van der Waals surface area contributed by atoms with Gasteiger partial charge in [-0.05, 0) is 50.0 Å². The van der Waals surface area contributed by atoms with Gasteiger partial charge in [-0.1, -0.05) is 47.1 Å². The number of aliphatic carboxylic acids is 1. The number of carbonyl (C=O) groups excluding carboxylic acids is 1. The number of hydrogen-bond acceptors (Lipinski definition) is 5. The molecule has 6 atom stereocenters. The van der Waals surface area contributed by atoms with Crippen molar-refractivity contribution in [2.75, 3.05) is 6.61 Å². The van der Waals surface area contributed by atoms with Crippen molar-refractivity contribution in [2.45, 2.75) is 104 Å². The Hall–Kier alpha value is -1.40. The summed E-state index contributed by atoms with van der Waals surface area (Å²) < 4.78 is 12.5. The molecule has 0 radical (unpaired) electrons. The summed E-state index contributed by atoms with van der Waals surface area (Å²) in [6.45, 7) is 12.3. The van der Waals surface area contributed by atoms with E-state index in [0.29, 0.717) is 19.3 Å². The second-order valence-corrected chi connectivity index (χ2v) is 11.3. The first-order valence-electron chi connectivity index (χ1n) is 11.8. The van der Waals surface area contributed by atoms with Crippen molar-refractivity contribution in [2.24, 2.45) is 22.7 Å². The van der Waals surface area contributed by atoms with Crippen LogP contribution in [0.5, 0.6) is 0 Å². The molecule has 0 aromatic rings. The van der Waals surface area contributed by atoms with Crippen LogP contribution in [0, 0.1) is 22.7 Å². The lowest BCUT2D eigenvalue weighted by molar-refractivity contribution is -0.212. The number of rotatable bonds is 6. The Bertz CT molecular complexity index is 757. The lowest BCUT2D eigenvalue weighted by Crippen LogP contribution is -2.64. The van der Waals surface area contributed by atoms with E-state index in [1.54, 1.807) is 0 Å². The Morgan fingerprint density at radius 2 is 1.87 bits per heavy atom. The molecule has 31 heavy (non-hydrogen) atoms. The largest absolute Gasteiger partial charge is 0.481 e. The number of aliphatic hydroxyl groups excluding tert-OH is 1. The van der Waals surface area contributed by atoms with E-state index in [9.17, 15) is 19.8 Å². The van der Waals surface area contributed by atoms with E-state index < -0.39 is 23.3 Å². The van der Waals surface area contributed by atoms with Crippen LogP contribution in [0.25, 0.3) is 0 Å². The third-order valence-electron chi connectivity index (χ3n) is 8.54. The number of aliphatic hydroxyl groups is 1. The molecule has 0 amide bonds. The van der Waals surface area contributed by atoms with Gasteiger partial charge in [0.15, 0.2) is 0 Å². The van der Waals surface area contributed by atoms with Gasteiger partial charge in [0.1, 0.15) is 6.61 Å². The summed E-state index contributed by atoms with van der Waals surface area (Å²) >= 11 is 0. The first kappa shape index (κ1) is 24.2. The molecule has 1 saturated carbocycles. The predicted octanol–water partition coefficient (Wildman–Crippen LogP) is 4.49. The fourth-order valence-corrected chi connectivity index (χ4v) is 6.84. The maximum Gasteiger partial charge on any atom is 0.308 e. The smallest absolute Gasteiger partial charge is 0.308 e. The summed E-state index contributed by atoms with van der Waals surface area (Å²) in [7, 11) is 0. The van der Waals surface area contributed by atoms with Crippen molar-refractivity contribution >= 4 is 11.9 Å². The molecule has 1 aliphatic heterocycles. The highest BCUT2D eigenvalue weighted by atomic mass is 16.5. The molecular formula is C25H40O6. The van der Waals surface area contributed by atoms with Gasteiger partial charge in [-0.15, -0.1) is 0 Å². The van der Waals surface area contributed by atoms with Gasteiger partial charge in [0.05, 0.1) is 29.6 Å². The highest BCUT2D eigenvalue weighted by Gasteiger charge is 2.67. The molecule has 0 aromatic carbocycles. The van der Waals surface area contributed by atoms with Crippen LogP contribution in [-0.4, -0.2) is 46.1 Å². The van der Waals surface area contributed by atoms with Crippen LogP contribution >= 0.6 is 0 Å². The fourth-order valence-electron chi connectivity index (χ4n) is 6.84. The number of esters is 1. The van der Waals surface area contributed by atoms with Crippen LogP contribution in [0.4, 0.5) is 0 Å². The molecule has 3 aliphatic rings. The van der Waals surface area contributed by atoms with Gasteiger partial charge in [0, 0.05) is 11.3 Å². The molecule has 6 heteroatoms. The summed E-state index contributed by atoms with van der Waals surface area (Å²) in [5.74, 6) is -1.34. The topological polar surface area (TPSA) is 93.1 Å². The standard InChI is InChI=1S/C25H40O6/c1-7-16(2)21(29)30-15-17-13-18(26)20-22(3,4)9-8-10-24(20,6)25(17)12-11-23(5,31-25)14-19(27)28/h13,16,18,20,26H,7-12,14-15H2,1-6H3,(H,27,28). The molecule has 0 aromatic heterocycles. The van der Waals surface area contributed by atoms with Crippen molar-refractivity contribution in [3.63, 3.8) is 0 Å². The molecule has 176 valence electrons. The van der Waals surface area contributed by atoms with E-state index in [0.717, 1.165) is 24.8 Å². The van der Waals surface area contributed by atoms with E-state index in [4.69, 9.17) is 9.47 Å². The lowest BCUT2D eigenvalue weighted by Gasteiger charge is -2.62. The summed E-state index contributed by atoms with van der Waals surface area (Å²) in [5.41, 5.74) is -1.19. The average Bonchev–Trinajstić information content (AvgIpc) is 3.00. The Kier molecular flexibility index (Phi) is 6.40. The normalized spacial score (nSPS) is 40.2. The third kappa shape index (κ3) is 4.06. The van der Waals surface area contributed by atoms with E-state index in [2.05, 4.69) is 20.8 Å². The van der Waals surface area contributed by atoms with Gasteiger partial charge in [-0.2, -0.15) is 0 Å². The van der Waals surface area contributed by atoms with Gasteiger partial charge in [0.25, 0.3) is 0 Å². The first-order valence-corrected chi connectivity index (χ1v) is 11.8. The van der Waals surface area contributed by atoms with Gasteiger partial charge >= 0.3 is 11.9 Å². The molecule has 1 spiro atoms. The second-order valence-electron chi connectivity index (χ2n) is 11.3. The molecule has 0 bridgehead atoms. The maximum atomic E-state index is 12.4.